The Kier molecular flexibility index (Phi) is 3.25. The number of halogens is 1. The molecule has 1 aromatic rings. The summed E-state index contributed by atoms with van der Waals surface area (Å²) in [6.45, 7) is 0. The molecule has 0 spiro atoms. The molecule has 0 bridgehead atoms. The topological polar surface area (TPSA) is 95.5 Å². The number of hydrogen-bond donors (Lipinski definition) is 1. The number of nitrogens with two attached hydrogens (primary N) is 1. The van der Waals surface area contributed by atoms with Crippen LogP contribution in [-0.2, 0) is 4.74 Å². The van der Waals surface area contributed by atoms with E-state index in [2.05, 4.69) is 20.7 Å². The number of rotatable bonds is 2. The second kappa shape index (κ2) is 4.26. The van der Waals surface area contributed by atoms with E-state index in [4.69, 9.17) is 5.73 Å². The molecule has 0 saturated carbocycles. The first-order valence-electron chi connectivity index (χ1n) is 3.79. The van der Waals surface area contributed by atoms with Crippen LogP contribution in [0.1, 0.15) is 10.4 Å². The van der Waals surface area contributed by atoms with Crippen molar-refractivity contribution < 1.29 is 14.5 Å². The number of carbonyl (C=O) groups excluding carboxylic acids is 1. The Morgan fingerprint density at radius 1 is 1.60 bits per heavy atom. The summed E-state index contributed by atoms with van der Waals surface area (Å²) in [5.41, 5.74) is 5.23. The predicted octanol–water partition coefficient (Wildman–Crippen LogP) is 1.73. The molecule has 7 heteroatoms. The number of esters is 1. The number of methoxy groups -OCH3 is 1. The summed E-state index contributed by atoms with van der Waals surface area (Å²) in [6.07, 6.45) is 0. The maximum absolute atomic E-state index is 11.2. The molecule has 2 N–H and O–H groups in total. The lowest BCUT2D eigenvalue weighted by Crippen LogP contribution is -2.05. The van der Waals surface area contributed by atoms with E-state index in [-0.39, 0.29) is 21.4 Å². The minimum atomic E-state index is -0.624. The lowest BCUT2D eigenvalue weighted by molar-refractivity contribution is -0.384. The average molecular weight is 275 g/mol. The molecule has 6 nitrogen and oxygen atoms in total. The smallest absolute Gasteiger partial charge is 0.339 e. The summed E-state index contributed by atoms with van der Waals surface area (Å²) in [4.78, 5) is 21.1. The summed E-state index contributed by atoms with van der Waals surface area (Å²) in [5.74, 6) is -0.608. The molecule has 15 heavy (non-hydrogen) atoms. The van der Waals surface area contributed by atoms with Gasteiger partial charge in [0.05, 0.1) is 17.6 Å². The van der Waals surface area contributed by atoms with E-state index in [1.54, 1.807) is 0 Å². The molecule has 1 aromatic carbocycles. The van der Waals surface area contributed by atoms with Crippen molar-refractivity contribution in [2.24, 2.45) is 0 Å². The van der Waals surface area contributed by atoms with Gasteiger partial charge in [0.15, 0.2) is 0 Å². The van der Waals surface area contributed by atoms with Gasteiger partial charge >= 0.3 is 5.97 Å². The Labute approximate surface area is 93.3 Å². The first kappa shape index (κ1) is 11.4. The summed E-state index contributed by atoms with van der Waals surface area (Å²) in [5, 5.41) is 10.5. The zero-order valence-electron chi connectivity index (χ0n) is 7.69. The molecule has 0 amide bonds. The van der Waals surface area contributed by atoms with Crippen LogP contribution in [0, 0.1) is 10.1 Å². The van der Waals surface area contributed by atoms with Gasteiger partial charge in [0.25, 0.3) is 5.69 Å². The van der Waals surface area contributed by atoms with Crippen molar-refractivity contribution in [3.63, 3.8) is 0 Å². The monoisotopic (exact) mass is 274 g/mol. The third-order valence-electron chi connectivity index (χ3n) is 1.72. The highest BCUT2D eigenvalue weighted by atomic mass is 79.9. The fourth-order valence-electron chi connectivity index (χ4n) is 1.00. The van der Waals surface area contributed by atoms with Gasteiger partial charge in [-0.2, -0.15) is 0 Å². The van der Waals surface area contributed by atoms with Gasteiger partial charge in [0, 0.05) is 10.5 Å². The first-order valence-corrected chi connectivity index (χ1v) is 4.58. The lowest BCUT2D eigenvalue weighted by atomic mass is 10.2. The summed E-state index contributed by atoms with van der Waals surface area (Å²) >= 11 is 3.03. The minimum Gasteiger partial charge on any atom is -0.465 e. The van der Waals surface area contributed by atoms with E-state index >= 15 is 0 Å². The molecule has 0 fully saturated rings. The van der Waals surface area contributed by atoms with Gasteiger partial charge in [0.2, 0.25) is 0 Å². The Morgan fingerprint density at radius 2 is 2.20 bits per heavy atom. The Hall–Kier alpha value is -1.63. The number of nitro benzene ring substituents is 1. The number of carbonyl (C=O) groups is 1. The van der Waals surface area contributed by atoms with Crippen LogP contribution in [0.15, 0.2) is 16.6 Å². The average Bonchev–Trinajstić information content (AvgIpc) is 2.19. The summed E-state index contributed by atoms with van der Waals surface area (Å²) in [7, 11) is 1.21. The van der Waals surface area contributed by atoms with Crippen LogP contribution in [0.4, 0.5) is 11.4 Å². The molecule has 0 saturated heterocycles. The summed E-state index contributed by atoms with van der Waals surface area (Å²) in [6, 6.07) is 2.37. The highest BCUT2D eigenvalue weighted by Gasteiger charge is 2.18. The number of anilines is 1. The molecule has 0 aliphatic carbocycles. The lowest BCUT2D eigenvalue weighted by Gasteiger charge is -2.04. The van der Waals surface area contributed by atoms with Gasteiger partial charge in [-0.15, -0.1) is 0 Å². The molecule has 0 aliphatic rings. The summed E-state index contributed by atoms with van der Waals surface area (Å²) < 4.78 is 4.75. The van der Waals surface area contributed by atoms with Crippen molar-refractivity contribution in [2.75, 3.05) is 12.8 Å². The predicted molar refractivity (Wildman–Crippen MR) is 56.5 cm³/mol. The quantitative estimate of drug-likeness (QED) is 0.383. The van der Waals surface area contributed by atoms with E-state index in [9.17, 15) is 14.9 Å². The van der Waals surface area contributed by atoms with Gasteiger partial charge in [0.1, 0.15) is 5.69 Å². The zero-order chi connectivity index (χ0) is 11.6. The van der Waals surface area contributed by atoms with Crippen molar-refractivity contribution in [1.82, 2.24) is 0 Å². The highest BCUT2D eigenvalue weighted by molar-refractivity contribution is 9.10. The fourth-order valence-corrected chi connectivity index (χ4v) is 1.50. The third kappa shape index (κ3) is 2.24. The van der Waals surface area contributed by atoms with E-state index in [0.717, 1.165) is 0 Å². The van der Waals surface area contributed by atoms with Gasteiger partial charge < -0.3 is 10.5 Å². The van der Waals surface area contributed by atoms with Crippen LogP contribution in [0.25, 0.3) is 0 Å². The van der Waals surface area contributed by atoms with E-state index in [0.29, 0.717) is 0 Å². The fraction of sp³-hybridized carbons (Fsp3) is 0.125. The first-order chi connectivity index (χ1) is 6.97. The van der Waals surface area contributed by atoms with Crippen molar-refractivity contribution in [1.29, 1.82) is 0 Å². The standard InChI is InChI=1S/C8H7BrN2O4/c1-15-8(12)4-2-6(10)7(11(13)14)3-5(4)9/h2-3H,10H2,1H3. The molecule has 0 radical (unpaired) electrons. The van der Waals surface area contributed by atoms with Gasteiger partial charge in [-0.3, -0.25) is 10.1 Å². The number of hydrogen-bond acceptors (Lipinski definition) is 5. The molecular weight excluding hydrogens is 268 g/mol. The molecule has 80 valence electrons. The number of nitro groups is 1. The molecular formula is C8H7BrN2O4. The van der Waals surface area contributed by atoms with Gasteiger partial charge in [-0.05, 0) is 22.0 Å². The second-order valence-corrected chi connectivity index (χ2v) is 3.49. The van der Waals surface area contributed by atoms with Crippen LogP contribution in [-0.4, -0.2) is 18.0 Å². The number of ether oxygens (including phenoxy) is 1. The zero-order valence-corrected chi connectivity index (χ0v) is 9.28. The largest absolute Gasteiger partial charge is 0.465 e. The third-order valence-corrected chi connectivity index (χ3v) is 2.37. The second-order valence-electron chi connectivity index (χ2n) is 2.64. The molecule has 0 atom stereocenters. The Balaban J connectivity index is 3.31. The van der Waals surface area contributed by atoms with Crippen molar-refractivity contribution >= 4 is 33.3 Å². The Morgan fingerprint density at radius 3 is 2.67 bits per heavy atom. The van der Waals surface area contributed by atoms with Crippen molar-refractivity contribution in [2.45, 2.75) is 0 Å². The van der Waals surface area contributed by atoms with Gasteiger partial charge in [-0.25, -0.2) is 4.79 Å². The maximum Gasteiger partial charge on any atom is 0.339 e. The van der Waals surface area contributed by atoms with Crippen molar-refractivity contribution in [3.05, 3.63) is 32.3 Å². The Bertz CT molecular complexity index is 433. The van der Waals surface area contributed by atoms with Crippen LogP contribution in [0.2, 0.25) is 0 Å². The van der Waals surface area contributed by atoms with E-state index < -0.39 is 10.9 Å². The van der Waals surface area contributed by atoms with Crippen LogP contribution in [0.5, 0.6) is 0 Å². The molecule has 0 aromatic heterocycles. The van der Waals surface area contributed by atoms with E-state index in [1.165, 1.54) is 19.2 Å². The number of nitrogens with zero attached hydrogens (tertiary/aromatic N) is 1. The molecule has 1 rings (SSSR count). The molecule has 0 unspecified atom stereocenters. The van der Waals surface area contributed by atoms with Crippen LogP contribution >= 0.6 is 15.9 Å². The SMILES string of the molecule is COC(=O)c1cc(N)c([N+](=O)[O-])cc1Br. The number of nitrogen functional groups attached to an aromatic ring is 1. The molecule has 0 heterocycles. The van der Waals surface area contributed by atoms with Crippen LogP contribution < -0.4 is 5.73 Å². The highest BCUT2D eigenvalue weighted by Crippen LogP contribution is 2.29. The molecule has 0 aliphatic heterocycles. The van der Waals surface area contributed by atoms with Crippen molar-refractivity contribution in [3.8, 4) is 0 Å². The maximum atomic E-state index is 11.2. The van der Waals surface area contributed by atoms with Crippen LogP contribution in [0.3, 0.4) is 0 Å². The minimum absolute atomic E-state index is 0.0800. The van der Waals surface area contributed by atoms with Gasteiger partial charge in [-0.1, -0.05) is 0 Å². The van der Waals surface area contributed by atoms with E-state index in [1.807, 2.05) is 0 Å². The normalized spacial score (nSPS) is 9.73. The number of benzene rings is 1.